The van der Waals surface area contributed by atoms with E-state index in [1.807, 2.05) is 18.7 Å². The highest BCUT2D eigenvalue weighted by Crippen LogP contribution is 2.25. The molecular formula is C18H27N3O3S. The van der Waals surface area contributed by atoms with Crippen molar-refractivity contribution in [2.75, 3.05) is 26.2 Å². The zero-order valence-electron chi connectivity index (χ0n) is 14.9. The SMILES string of the molecule is CC1CNCCN1C(=O)c1ccc(S(=O)(=O)N2CCCCC2C)cc1. The van der Waals surface area contributed by atoms with Crippen molar-refractivity contribution in [3.8, 4) is 0 Å². The number of hydrogen-bond donors (Lipinski definition) is 1. The number of piperidine rings is 1. The zero-order chi connectivity index (χ0) is 18.0. The minimum absolute atomic E-state index is 0.0294. The van der Waals surface area contributed by atoms with Crippen molar-refractivity contribution in [1.82, 2.24) is 14.5 Å². The van der Waals surface area contributed by atoms with Gasteiger partial charge in [0, 0.05) is 43.8 Å². The van der Waals surface area contributed by atoms with Crippen LogP contribution in [0.25, 0.3) is 0 Å². The summed E-state index contributed by atoms with van der Waals surface area (Å²) in [5.74, 6) is -0.0377. The van der Waals surface area contributed by atoms with Gasteiger partial charge in [-0.25, -0.2) is 8.42 Å². The third kappa shape index (κ3) is 3.73. The van der Waals surface area contributed by atoms with Gasteiger partial charge in [0.1, 0.15) is 0 Å². The molecule has 1 N–H and O–H groups in total. The maximum atomic E-state index is 12.9. The van der Waals surface area contributed by atoms with Crippen molar-refractivity contribution in [2.45, 2.75) is 50.1 Å². The molecule has 7 heteroatoms. The lowest BCUT2D eigenvalue weighted by molar-refractivity contribution is 0.0655. The van der Waals surface area contributed by atoms with Crippen LogP contribution in [0, 0.1) is 0 Å². The van der Waals surface area contributed by atoms with Crippen molar-refractivity contribution in [2.24, 2.45) is 0 Å². The lowest BCUT2D eigenvalue weighted by Gasteiger charge is -2.34. The van der Waals surface area contributed by atoms with Gasteiger partial charge >= 0.3 is 0 Å². The van der Waals surface area contributed by atoms with Crippen molar-refractivity contribution >= 4 is 15.9 Å². The molecule has 0 spiro atoms. The second-order valence-electron chi connectivity index (χ2n) is 7.04. The maximum absolute atomic E-state index is 12.9. The fourth-order valence-electron chi connectivity index (χ4n) is 3.64. The highest BCUT2D eigenvalue weighted by Gasteiger charge is 2.31. The first-order chi connectivity index (χ1) is 11.9. The predicted octanol–water partition coefficient (Wildman–Crippen LogP) is 1.68. The van der Waals surface area contributed by atoms with Crippen molar-refractivity contribution in [1.29, 1.82) is 0 Å². The Hall–Kier alpha value is -1.44. The first-order valence-corrected chi connectivity index (χ1v) is 10.5. The van der Waals surface area contributed by atoms with E-state index in [4.69, 9.17) is 0 Å². The molecule has 2 fully saturated rings. The van der Waals surface area contributed by atoms with Crippen molar-refractivity contribution < 1.29 is 13.2 Å². The topological polar surface area (TPSA) is 69.7 Å². The van der Waals surface area contributed by atoms with Crippen LogP contribution in [0.2, 0.25) is 0 Å². The minimum atomic E-state index is -3.49. The summed E-state index contributed by atoms with van der Waals surface area (Å²) in [7, 11) is -3.49. The van der Waals surface area contributed by atoms with E-state index in [1.54, 1.807) is 28.6 Å². The van der Waals surface area contributed by atoms with Crippen molar-refractivity contribution in [3.05, 3.63) is 29.8 Å². The van der Waals surface area contributed by atoms with E-state index in [-0.39, 0.29) is 22.9 Å². The van der Waals surface area contributed by atoms with Gasteiger partial charge in [-0.3, -0.25) is 4.79 Å². The van der Waals surface area contributed by atoms with Crippen LogP contribution in [0.4, 0.5) is 0 Å². The predicted molar refractivity (Wildman–Crippen MR) is 97.0 cm³/mol. The first-order valence-electron chi connectivity index (χ1n) is 9.05. The van der Waals surface area contributed by atoms with Gasteiger partial charge in [0.05, 0.1) is 4.90 Å². The molecular weight excluding hydrogens is 338 g/mol. The van der Waals surface area contributed by atoms with Gasteiger partial charge in [-0.2, -0.15) is 4.31 Å². The average molecular weight is 365 g/mol. The highest BCUT2D eigenvalue weighted by molar-refractivity contribution is 7.89. The number of amides is 1. The Morgan fingerprint density at radius 1 is 1.08 bits per heavy atom. The van der Waals surface area contributed by atoms with E-state index in [0.717, 1.165) is 32.4 Å². The second kappa shape index (κ2) is 7.43. The fraction of sp³-hybridized carbons (Fsp3) is 0.611. The Morgan fingerprint density at radius 3 is 2.44 bits per heavy atom. The Balaban J connectivity index is 1.78. The van der Waals surface area contributed by atoms with Crippen LogP contribution in [0.5, 0.6) is 0 Å². The molecule has 3 rings (SSSR count). The zero-order valence-corrected chi connectivity index (χ0v) is 15.8. The third-order valence-corrected chi connectivity index (χ3v) is 7.24. The highest BCUT2D eigenvalue weighted by atomic mass is 32.2. The molecule has 25 heavy (non-hydrogen) atoms. The van der Waals surface area contributed by atoms with Gasteiger partial charge in [-0.05, 0) is 51.0 Å². The lowest BCUT2D eigenvalue weighted by atomic mass is 10.1. The summed E-state index contributed by atoms with van der Waals surface area (Å²) in [5, 5.41) is 3.26. The smallest absolute Gasteiger partial charge is 0.254 e. The quantitative estimate of drug-likeness (QED) is 0.885. The Morgan fingerprint density at radius 2 is 1.80 bits per heavy atom. The number of rotatable bonds is 3. The standard InChI is InChI=1S/C18H27N3O3S/c1-14-5-3-4-11-21(14)25(23,24)17-8-6-16(7-9-17)18(22)20-12-10-19-13-15(20)2/h6-9,14-15,19H,3-5,10-13H2,1-2H3. The molecule has 6 nitrogen and oxygen atoms in total. The van der Waals surface area contributed by atoms with Crippen LogP contribution in [-0.2, 0) is 10.0 Å². The molecule has 138 valence electrons. The van der Waals surface area contributed by atoms with E-state index < -0.39 is 10.0 Å². The number of sulfonamides is 1. The van der Waals surface area contributed by atoms with Crippen LogP contribution in [0.3, 0.4) is 0 Å². The van der Waals surface area contributed by atoms with Gasteiger partial charge in [-0.15, -0.1) is 0 Å². The molecule has 0 aromatic heterocycles. The number of benzene rings is 1. The molecule has 1 aromatic carbocycles. The summed E-state index contributed by atoms with van der Waals surface area (Å²) in [6, 6.07) is 6.57. The number of hydrogen-bond acceptors (Lipinski definition) is 4. The molecule has 0 aliphatic carbocycles. The van der Waals surface area contributed by atoms with E-state index in [2.05, 4.69) is 5.32 Å². The number of nitrogens with zero attached hydrogens (tertiary/aromatic N) is 2. The van der Waals surface area contributed by atoms with Crippen molar-refractivity contribution in [3.63, 3.8) is 0 Å². The molecule has 0 saturated carbocycles. The van der Waals surface area contributed by atoms with E-state index >= 15 is 0 Å². The molecule has 0 bridgehead atoms. The van der Waals surface area contributed by atoms with E-state index in [9.17, 15) is 13.2 Å². The summed E-state index contributed by atoms with van der Waals surface area (Å²) in [6.07, 6.45) is 2.88. The number of carbonyl (C=O) groups excluding carboxylic acids is 1. The summed E-state index contributed by atoms with van der Waals surface area (Å²) < 4.78 is 27.3. The molecule has 1 amide bonds. The van der Waals surface area contributed by atoms with Crippen LogP contribution in [0.15, 0.2) is 29.2 Å². The van der Waals surface area contributed by atoms with Crippen LogP contribution in [0.1, 0.15) is 43.5 Å². The third-order valence-electron chi connectivity index (χ3n) is 5.21. The normalized spacial score (nSPS) is 25.8. The molecule has 2 heterocycles. The number of nitrogens with one attached hydrogen (secondary N) is 1. The summed E-state index contributed by atoms with van der Waals surface area (Å²) in [4.78, 5) is 14.8. The van der Waals surface area contributed by atoms with Gasteiger partial charge < -0.3 is 10.2 Å². The Bertz CT molecular complexity index is 718. The van der Waals surface area contributed by atoms with Crippen LogP contribution >= 0.6 is 0 Å². The maximum Gasteiger partial charge on any atom is 0.254 e. The average Bonchev–Trinajstić information content (AvgIpc) is 2.62. The molecule has 2 aliphatic rings. The van der Waals surface area contributed by atoms with Gasteiger partial charge in [0.25, 0.3) is 5.91 Å². The van der Waals surface area contributed by atoms with Crippen LogP contribution < -0.4 is 5.32 Å². The fourth-order valence-corrected chi connectivity index (χ4v) is 5.34. The van der Waals surface area contributed by atoms with E-state index in [0.29, 0.717) is 18.7 Å². The lowest BCUT2D eigenvalue weighted by Crippen LogP contribution is -2.52. The minimum Gasteiger partial charge on any atom is -0.333 e. The molecule has 2 saturated heterocycles. The molecule has 2 aliphatic heterocycles. The largest absolute Gasteiger partial charge is 0.333 e. The van der Waals surface area contributed by atoms with Gasteiger partial charge in [-0.1, -0.05) is 6.42 Å². The molecule has 2 atom stereocenters. The van der Waals surface area contributed by atoms with Gasteiger partial charge in [0.2, 0.25) is 10.0 Å². The molecule has 0 radical (unpaired) electrons. The monoisotopic (exact) mass is 365 g/mol. The summed E-state index contributed by atoms with van der Waals surface area (Å²) >= 11 is 0. The summed E-state index contributed by atoms with van der Waals surface area (Å²) in [5.41, 5.74) is 0.541. The van der Waals surface area contributed by atoms with E-state index in [1.165, 1.54) is 0 Å². The van der Waals surface area contributed by atoms with Gasteiger partial charge in [0.15, 0.2) is 0 Å². The first kappa shape index (κ1) is 18.4. The number of piperazine rings is 1. The second-order valence-corrected chi connectivity index (χ2v) is 8.93. The summed E-state index contributed by atoms with van der Waals surface area (Å²) in [6.45, 7) is 6.79. The molecule has 1 aromatic rings. The number of carbonyl (C=O) groups is 1. The van der Waals surface area contributed by atoms with Crippen LogP contribution in [-0.4, -0.2) is 61.8 Å². The Labute approximate surface area is 150 Å². The Kier molecular flexibility index (Phi) is 5.46. The molecule has 2 unspecified atom stereocenters.